The van der Waals surface area contributed by atoms with Crippen molar-refractivity contribution in [2.45, 2.75) is 21.0 Å². The van der Waals surface area contributed by atoms with Crippen molar-refractivity contribution in [1.29, 1.82) is 0 Å². The van der Waals surface area contributed by atoms with E-state index in [0.29, 0.717) is 4.47 Å². The van der Waals surface area contributed by atoms with Gasteiger partial charge in [-0.25, -0.2) is 8.42 Å². The van der Waals surface area contributed by atoms with Gasteiger partial charge in [0.05, 0.1) is 4.90 Å². The van der Waals surface area contributed by atoms with Gasteiger partial charge in [0.2, 0.25) is 13.6 Å². The molecule has 2 rings (SSSR count). The number of hydrogen-bond donors (Lipinski definition) is 1. The maximum atomic E-state index is 12.8. The number of alkyl halides is 3. The van der Waals surface area contributed by atoms with E-state index in [1.54, 1.807) is 36.4 Å². The van der Waals surface area contributed by atoms with Crippen LogP contribution in [0.4, 0.5) is 0 Å². The third-order valence-corrected chi connectivity index (χ3v) is 6.92. The Labute approximate surface area is 169 Å². The lowest BCUT2D eigenvalue weighted by Gasteiger charge is -2.25. The van der Waals surface area contributed by atoms with Gasteiger partial charge in [-0.2, -0.15) is 0 Å². The van der Waals surface area contributed by atoms with Gasteiger partial charge < -0.3 is 5.32 Å². The van der Waals surface area contributed by atoms with Crippen LogP contribution in [0.3, 0.4) is 0 Å². The molecule has 25 heavy (non-hydrogen) atoms. The quantitative estimate of drug-likeness (QED) is 0.641. The number of sulfone groups is 1. The lowest BCUT2D eigenvalue weighted by atomic mass is 10.1. The smallest absolute Gasteiger partial charge is 0.252 e. The summed E-state index contributed by atoms with van der Waals surface area (Å²) in [4.78, 5) is 12.3. The van der Waals surface area contributed by atoms with Gasteiger partial charge in [0.15, 0.2) is 5.37 Å². The summed E-state index contributed by atoms with van der Waals surface area (Å²) in [5.74, 6) is -0.656. The van der Waals surface area contributed by atoms with E-state index in [1.165, 1.54) is 12.1 Å². The molecule has 0 aliphatic carbocycles. The molecule has 1 atom stereocenters. The number of hydrogen-bond acceptors (Lipinski definition) is 3. The number of nitrogens with one attached hydrogen (secondary N) is 1. The van der Waals surface area contributed by atoms with Crippen LogP contribution >= 0.6 is 50.7 Å². The molecule has 0 aromatic heterocycles. The lowest BCUT2D eigenvalue weighted by Crippen LogP contribution is -2.49. The van der Waals surface area contributed by atoms with Crippen LogP contribution in [0, 0.1) is 6.92 Å². The van der Waals surface area contributed by atoms with E-state index in [2.05, 4.69) is 21.2 Å². The second-order valence-electron chi connectivity index (χ2n) is 5.26. The van der Waals surface area contributed by atoms with Gasteiger partial charge in [-0.1, -0.05) is 68.4 Å². The molecule has 0 fully saturated rings. The summed E-state index contributed by atoms with van der Waals surface area (Å²) in [5.41, 5.74) is 1.22. The summed E-state index contributed by atoms with van der Waals surface area (Å²) in [7, 11) is -4.14. The molecule has 134 valence electrons. The Kier molecular flexibility index (Phi) is 6.44. The zero-order valence-corrected chi connectivity index (χ0v) is 17.5. The standard InChI is InChI=1S/C16H13BrCl3NO3S/c1-10-2-4-11(5-3-10)14(22)21-15(16(18,19)20)25(23,24)13-8-6-12(17)7-9-13/h2-9,15H,1H3,(H,21,22). The minimum Gasteiger partial charge on any atom is -0.332 e. The third-order valence-electron chi connectivity index (χ3n) is 3.33. The molecule has 0 heterocycles. The van der Waals surface area contributed by atoms with E-state index in [0.717, 1.165) is 5.56 Å². The molecular formula is C16H13BrCl3NO3S. The topological polar surface area (TPSA) is 63.2 Å². The van der Waals surface area contributed by atoms with Crippen LogP contribution in [0.5, 0.6) is 0 Å². The first-order valence-electron chi connectivity index (χ1n) is 6.95. The molecule has 2 aromatic rings. The van der Waals surface area contributed by atoms with Crippen LogP contribution in [0.1, 0.15) is 15.9 Å². The molecule has 0 aliphatic heterocycles. The highest BCUT2D eigenvalue weighted by atomic mass is 79.9. The van der Waals surface area contributed by atoms with E-state index >= 15 is 0 Å². The Morgan fingerprint density at radius 2 is 1.56 bits per heavy atom. The van der Waals surface area contributed by atoms with Crippen LogP contribution in [-0.2, 0) is 9.84 Å². The summed E-state index contributed by atoms with van der Waals surface area (Å²) in [6, 6.07) is 12.4. The lowest BCUT2D eigenvalue weighted by molar-refractivity contribution is 0.0948. The predicted molar refractivity (Wildman–Crippen MR) is 104 cm³/mol. The first-order chi connectivity index (χ1) is 11.5. The molecule has 1 amide bonds. The normalized spacial score (nSPS) is 13.3. The van der Waals surface area contributed by atoms with Gasteiger partial charge in [0, 0.05) is 10.0 Å². The van der Waals surface area contributed by atoms with Crippen LogP contribution < -0.4 is 5.32 Å². The van der Waals surface area contributed by atoms with Crippen LogP contribution in [0.25, 0.3) is 0 Å². The van der Waals surface area contributed by atoms with E-state index in [-0.39, 0.29) is 10.5 Å². The van der Waals surface area contributed by atoms with E-state index in [4.69, 9.17) is 34.8 Å². The molecule has 0 saturated carbocycles. The Bertz CT molecular complexity index is 863. The summed E-state index contributed by atoms with van der Waals surface area (Å²) in [5, 5.41) is 0.562. The van der Waals surface area contributed by atoms with E-state index < -0.39 is 24.9 Å². The van der Waals surface area contributed by atoms with Crippen LogP contribution in [0.2, 0.25) is 0 Å². The highest BCUT2D eigenvalue weighted by Crippen LogP contribution is 2.36. The van der Waals surface area contributed by atoms with Crippen LogP contribution in [0.15, 0.2) is 57.9 Å². The molecule has 9 heteroatoms. The van der Waals surface area contributed by atoms with E-state index in [1.807, 2.05) is 6.92 Å². The highest BCUT2D eigenvalue weighted by Gasteiger charge is 2.44. The summed E-state index contributed by atoms with van der Waals surface area (Å²) in [6.45, 7) is 1.86. The molecular weight excluding hydrogens is 473 g/mol. The zero-order valence-electron chi connectivity index (χ0n) is 12.8. The van der Waals surface area contributed by atoms with Crippen molar-refractivity contribution >= 4 is 66.5 Å². The monoisotopic (exact) mass is 483 g/mol. The fraction of sp³-hybridized carbons (Fsp3) is 0.188. The highest BCUT2D eigenvalue weighted by molar-refractivity contribution is 9.10. The molecule has 0 bridgehead atoms. The van der Waals surface area contributed by atoms with Gasteiger partial charge in [-0.05, 0) is 43.3 Å². The first-order valence-corrected chi connectivity index (χ1v) is 10.4. The van der Waals surface area contributed by atoms with Crippen molar-refractivity contribution in [2.75, 3.05) is 0 Å². The summed E-state index contributed by atoms with van der Waals surface area (Å²) < 4.78 is 24.1. The number of rotatable bonds is 4. The number of halogens is 4. The maximum Gasteiger partial charge on any atom is 0.252 e. The minimum atomic E-state index is -4.14. The van der Waals surface area contributed by atoms with Gasteiger partial charge in [0.25, 0.3) is 5.91 Å². The first kappa shape index (κ1) is 20.5. The Morgan fingerprint density at radius 3 is 2.04 bits per heavy atom. The van der Waals surface area contributed by atoms with Gasteiger partial charge in [-0.3, -0.25) is 4.79 Å². The SMILES string of the molecule is Cc1ccc(C(=O)NC(C(Cl)(Cl)Cl)S(=O)(=O)c2ccc(Br)cc2)cc1. The molecule has 0 saturated heterocycles. The second kappa shape index (κ2) is 7.84. The molecule has 4 nitrogen and oxygen atoms in total. The third kappa shape index (κ3) is 5.11. The number of aryl methyl sites for hydroxylation is 1. The number of amides is 1. The molecule has 1 unspecified atom stereocenters. The van der Waals surface area contributed by atoms with Gasteiger partial charge >= 0.3 is 0 Å². The predicted octanol–water partition coefficient (Wildman–Crippen LogP) is 4.66. The van der Waals surface area contributed by atoms with Gasteiger partial charge in [-0.15, -0.1) is 0 Å². The minimum absolute atomic E-state index is 0.0729. The van der Waals surface area contributed by atoms with Crippen molar-refractivity contribution in [2.24, 2.45) is 0 Å². The Morgan fingerprint density at radius 1 is 1.04 bits per heavy atom. The van der Waals surface area contributed by atoms with Crippen molar-refractivity contribution < 1.29 is 13.2 Å². The van der Waals surface area contributed by atoms with Crippen LogP contribution in [-0.4, -0.2) is 23.5 Å². The Balaban J connectivity index is 2.38. The zero-order chi connectivity index (χ0) is 18.8. The number of benzene rings is 2. The Hall–Kier alpha value is -0.790. The fourth-order valence-corrected chi connectivity index (χ4v) is 4.89. The summed E-state index contributed by atoms with van der Waals surface area (Å²) in [6.07, 6.45) is 0. The van der Waals surface area contributed by atoms with Crippen molar-refractivity contribution in [3.63, 3.8) is 0 Å². The largest absolute Gasteiger partial charge is 0.332 e. The van der Waals surface area contributed by atoms with Gasteiger partial charge in [0.1, 0.15) is 0 Å². The average Bonchev–Trinajstić information content (AvgIpc) is 2.52. The maximum absolute atomic E-state index is 12.8. The number of carbonyl (C=O) groups excluding carboxylic acids is 1. The van der Waals surface area contributed by atoms with Crippen molar-refractivity contribution in [3.8, 4) is 0 Å². The summed E-state index contributed by atoms with van der Waals surface area (Å²) >= 11 is 20.8. The molecule has 0 radical (unpaired) electrons. The average molecular weight is 486 g/mol. The van der Waals surface area contributed by atoms with Crippen molar-refractivity contribution in [1.82, 2.24) is 5.32 Å². The molecule has 0 aliphatic rings. The molecule has 1 N–H and O–H groups in total. The fourth-order valence-electron chi connectivity index (χ4n) is 2.00. The second-order valence-corrected chi connectivity index (χ2v) is 10.6. The van der Waals surface area contributed by atoms with Crippen molar-refractivity contribution in [3.05, 3.63) is 64.1 Å². The molecule has 2 aromatic carbocycles. The molecule has 0 spiro atoms. The number of carbonyl (C=O) groups is 1. The van der Waals surface area contributed by atoms with E-state index in [9.17, 15) is 13.2 Å².